The quantitative estimate of drug-likeness (QED) is 0.0460. The van der Waals surface area contributed by atoms with Crippen LogP contribution in [0.5, 0.6) is 11.5 Å². The van der Waals surface area contributed by atoms with Crippen LogP contribution in [-0.4, -0.2) is 19.1 Å². The van der Waals surface area contributed by atoms with Crippen molar-refractivity contribution >= 4 is 32.8 Å². The van der Waals surface area contributed by atoms with Crippen LogP contribution in [0, 0.1) is 6.33 Å². The molecule has 17 aromatic rings. The molecule has 0 saturated heterocycles. The first-order valence-electron chi connectivity index (χ1n) is 36.2. The molecule has 4 aromatic heterocycles. The Morgan fingerprint density at radius 1 is 0.327 bits per heavy atom. The second-order valence-corrected chi connectivity index (χ2v) is 28.2. The van der Waals surface area contributed by atoms with Crippen molar-refractivity contribution in [3.8, 4) is 123 Å². The van der Waals surface area contributed by atoms with Gasteiger partial charge < -0.3 is 13.9 Å². The van der Waals surface area contributed by atoms with Crippen LogP contribution < -0.4 is 9.30 Å². The van der Waals surface area contributed by atoms with Gasteiger partial charge in [0.25, 0.3) is 0 Å². The Morgan fingerprint density at radius 3 is 1.29 bits per heavy atom. The molecule has 6 nitrogen and oxygen atoms in total. The topological polar surface area (TPSA) is 48.8 Å². The third-order valence-corrected chi connectivity index (χ3v) is 20.3. The average molecular weight is 1340 g/mol. The number of para-hydroxylation sites is 2. The molecule has 0 amide bonds. The van der Waals surface area contributed by atoms with E-state index < -0.39 is 0 Å². The van der Waals surface area contributed by atoms with Gasteiger partial charge in [-0.2, -0.15) is 0 Å². The molecule has 0 N–H and O–H groups in total. The molecule has 0 aliphatic rings. The first kappa shape index (κ1) is 64.6. The molecule has 0 radical (unpaired) electrons. The summed E-state index contributed by atoms with van der Waals surface area (Å²) in [6.07, 6.45) is 11.4. The standard InChI is InChI=1S/C98H77N5O/c1-98(2,3)84-49-51-100-97(64-84)103-92-48-45-74(81-57-75(68-28-11-4-12-29-68)54-76(58-81)69-30-13-5-14-31-69)63-91(92)90-47-46-85(65-95(90)103)104-86-50-52-99-96(66-86)102-67-101(93-43-24-25-44-94(93)102)53-26-10-23-40-89-87(82-59-77(70-32-15-6-16-33-70)55-78(60-82)71-34-17-7-18-35-71)41-27-42-88(89)83-61-79(72-36-19-8-20-37-72)56-80(62-83)73-38-21-9-22-39-73/h4-9,11-22,24-25,27-39,41-52,54-66H,10,23,26,40,53H2,1-3H3. The Kier molecular flexibility index (Phi) is 17.6. The third kappa shape index (κ3) is 13.3. The van der Waals surface area contributed by atoms with Crippen LogP contribution in [0.2, 0.25) is 0 Å². The zero-order chi connectivity index (χ0) is 69.9. The number of pyridine rings is 2. The number of aryl methyl sites for hydroxylation is 1. The fourth-order valence-electron chi connectivity index (χ4n) is 15.0. The summed E-state index contributed by atoms with van der Waals surface area (Å²) in [5.74, 6) is 2.95. The number of nitrogens with zero attached hydrogens (tertiary/aromatic N) is 5. The SMILES string of the molecule is CC(C)(C)c1ccnc(-n2c3ccc(-c4cc(-c5ccccc5)cc(-c5ccccc5)c4)cc3c3ccc(Oc4ccnc(-n5[c-][n+](CCCCCc6c(-c7cc(-c8ccccc8)cc(-c8ccccc8)c7)cccc6-c6cc(-c7ccccc7)cc(-c7ccccc7)c6)c6ccccc65)c4)cc32)c1. The highest BCUT2D eigenvalue weighted by Gasteiger charge is 2.22. The third-order valence-electron chi connectivity index (χ3n) is 20.3. The van der Waals surface area contributed by atoms with E-state index in [-0.39, 0.29) is 5.41 Å². The van der Waals surface area contributed by atoms with E-state index in [0.717, 1.165) is 87.8 Å². The largest absolute Gasteiger partial charge is 0.458 e. The monoisotopic (exact) mass is 1340 g/mol. The lowest BCUT2D eigenvalue weighted by atomic mass is 9.85. The van der Waals surface area contributed by atoms with Crippen molar-refractivity contribution in [3.63, 3.8) is 0 Å². The number of imidazole rings is 1. The second kappa shape index (κ2) is 28.3. The van der Waals surface area contributed by atoms with Gasteiger partial charge in [-0.1, -0.05) is 251 Å². The molecule has 104 heavy (non-hydrogen) atoms. The van der Waals surface area contributed by atoms with E-state index in [0.29, 0.717) is 11.5 Å². The Labute approximate surface area is 608 Å². The predicted molar refractivity (Wildman–Crippen MR) is 430 cm³/mol. The van der Waals surface area contributed by atoms with E-state index >= 15 is 0 Å². The number of hydrogen-bond acceptors (Lipinski definition) is 3. The number of unbranched alkanes of at least 4 members (excludes halogenated alkanes) is 2. The summed E-state index contributed by atoms with van der Waals surface area (Å²) in [6, 6.07) is 123. The summed E-state index contributed by atoms with van der Waals surface area (Å²) in [6.45, 7) is 7.54. The molecule has 0 unspecified atom stereocenters. The van der Waals surface area contributed by atoms with E-state index in [1.54, 1.807) is 0 Å². The zero-order valence-electron chi connectivity index (χ0n) is 58.7. The van der Waals surface area contributed by atoms with Gasteiger partial charge in [0.2, 0.25) is 6.33 Å². The second-order valence-electron chi connectivity index (χ2n) is 28.2. The number of aromatic nitrogens is 5. The molecule has 0 atom stereocenters. The maximum atomic E-state index is 6.93. The Balaban J connectivity index is 0.679. The summed E-state index contributed by atoms with van der Waals surface area (Å²) in [7, 11) is 0. The van der Waals surface area contributed by atoms with Crippen LogP contribution in [0.1, 0.15) is 51.2 Å². The first-order chi connectivity index (χ1) is 51.2. The Morgan fingerprint density at radius 2 is 0.779 bits per heavy atom. The summed E-state index contributed by atoms with van der Waals surface area (Å²) >= 11 is 0. The fraction of sp³-hybridized carbons (Fsp3) is 0.0918. The van der Waals surface area contributed by atoms with E-state index in [1.165, 1.54) is 100 Å². The van der Waals surface area contributed by atoms with Gasteiger partial charge >= 0.3 is 0 Å². The van der Waals surface area contributed by atoms with Gasteiger partial charge in [-0.25, -0.2) is 4.98 Å². The molecule has 4 heterocycles. The molecular formula is C98H77N5O. The number of hydrogen-bond donors (Lipinski definition) is 0. The molecule has 0 bridgehead atoms. The highest BCUT2D eigenvalue weighted by Crippen LogP contribution is 2.44. The smallest absolute Gasteiger partial charge is 0.245 e. The fourth-order valence-corrected chi connectivity index (χ4v) is 15.0. The van der Waals surface area contributed by atoms with Crippen molar-refractivity contribution in [2.24, 2.45) is 0 Å². The summed E-state index contributed by atoms with van der Waals surface area (Å²) in [4.78, 5) is 10.0. The van der Waals surface area contributed by atoms with Gasteiger partial charge in [-0.15, -0.1) is 0 Å². The van der Waals surface area contributed by atoms with Gasteiger partial charge in [0.15, 0.2) is 0 Å². The van der Waals surface area contributed by atoms with Crippen LogP contribution in [0.4, 0.5) is 0 Å². The first-order valence-corrected chi connectivity index (χ1v) is 36.2. The van der Waals surface area contributed by atoms with Crippen molar-refractivity contribution in [3.05, 3.63) is 370 Å². The Bertz CT molecular complexity index is 5620. The maximum absolute atomic E-state index is 6.93. The molecular weight excluding hydrogens is 1260 g/mol. The van der Waals surface area contributed by atoms with Crippen LogP contribution >= 0.6 is 0 Å². The van der Waals surface area contributed by atoms with Crippen LogP contribution in [0.3, 0.4) is 0 Å². The number of fused-ring (bicyclic) bond motifs is 4. The minimum atomic E-state index is -0.0863. The zero-order valence-corrected chi connectivity index (χ0v) is 58.7. The Hall–Kier alpha value is -12.8. The molecule has 0 saturated carbocycles. The van der Waals surface area contributed by atoms with Gasteiger partial charge in [0.05, 0.1) is 28.6 Å². The highest BCUT2D eigenvalue weighted by molar-refractivity contribution is 6.11. The molecule has 0 aliphatic carbocycles. The van der Waals surface area contributed by atoms with E-state index in [9.17, 15) is 0 Å². The van der Waals surface area contributed by atoms with Crippen molar-refractivity contribution in [2.75, 3.05) is 0 Å². The summed E-state index contributed by atoms with van der Waals surface area (Å²) in [5.41, 5.74) is 28.1. The summed E-state index contributed by atoms with van der Waals surface area (Å²) in [5, 5.41) is 2.23. The van der Waals surface area contributed by atoms with E-state index in [2.05, 4.69) is 368 Å². The average Bonchev–Trinajstić information content (AvgIpc) is 1.63. The lowest BCUT2D eigenvalue weighted by molar-refractivity contribution is -0.676. The molecule has 0 fully saturated rings. The molecule has 0 spiro atoms. The highest BCUT2D eigenvalue weighted by atomic mass is 16.5. The van der Waals surface area contributed by atoms with Gasteiger partial charge in [-0.3, -0.25) is 9.55 Å². The lowest BCUT2D eigenvalue weighted by Gasteiger charge is -2.20. The van der Waals surface area contributed by atoms with Crippen molar-refractivity contribution in [1.29, 1.82) is 0 Å². The van der Waals surface area contributed by atoms with Gasteiger partial charge in [0, 0.05) is 35.3 Å². The minimum absolute atomic E-state index is 0.0863. The van der Waals surface area contributed by atoms with Crippen molar-refractivity contribution < 1.29 is 9.30 Å². The van der Waals surface area contributed by atoms with Gasteiger partial charge in [0.1, 0.15) is 23.1 Å². The predicted octanol–water partition coefficient (Wildman–Crippen LogP) is 25.1. The molecule has 6 heteroatoms. The van der Waals surface area contributed by atoms with Crippen LogP contribution in [-0.2, 0) is 18.4 Å². The molecule has 0 aliphatic heterocycles. The van der Waals surface area contributed by atoms with E-state index in [1.807, 2.05) is 24.5 Å². The van der Waals surface area contributed by atoms with Crippen molar-refractivity contribution in [2.45, 2.75) is 58.4 Å². The van der Waals surface area contributed by atoms with Crippen LogP contribution in [0.25, 0.3) is 145 Å². The van der Waals surface area contributed by atoms with Crippen molar-refractivity contribution in [1.82, 2.24) is 19.1 Å². The normalized spacial score (nSPS) is 11.6. The number of rotatable bonds is 19. The molecule has 13 aromatic carbocycles. The van der Waals surface area contributed by atoms with E-state index in [4.69, 9.17) is 14.7 Å². The lowest BCUT2D eigenvalue weighted by Crippen LogP contribution is -2.32. The number of benzene rings is 13. The number of ether oxygens (including phenoxy) is 1. The molecule has 500 valence electrons. The molecule has 17 rings (SSSR count). The van der Waals surface area contributed by atoms with Crippen LogP contribution in [0.15, 0.2) is 352 Å². The minimum Gasteiger partial charge on any atom is -0.458 e. The van der Waals surface area contributed by atoms with Gasteiger partial charge in [-0.05, 0) is 239 Å². The maximum Gasteiger partial charge on any atom is 0.245 e. The summed E-state index contributed by atoms with van der Waals surface area (Å²) < 4.78 is 13.6.